The van der Waals surface area contributed by atoms with Crippen LogP contribution in [-0.4, -0.2) is 71.8 Å². The lowest BCUT2D eigenvalue weighted by molar-refractivity contribution is -0.0791. The van der Waals surface area contributed by atoms with Crippen LogP contribution in [0.4, 0.5) is 26.3 Å². The van der Waals surface area contributed by atoms with E-state index in [0.29, 0.717) is 35.9 Å². The minimum absolute atomic E-state index is 0.0497. The average molecular weight is 526 g/mol. The summed E-state index contributed by atoms with van der Waals surface area (Å²) in [5.74, 6) is -5.56. The van der Waals surface area contributed by atoms with Crippen LogP contribution in [0.3, 0.4) is 0 Å². The van der Waals surface area contributed by atoms with Crippen LogP contribution in [0.15, 0.2) is 30.3 Å². The lowest BCUT2D eigenvalue weighted by Crippen LogP contribution is -2.48. The van der Waals surface area contributed by atoms with E-state index in [1.165, 1.54) is 29.2 Å². The van der Waals surface area contributed by atoms with E-state index in [4.69, 9.17) is 5.11 Å². The molecular formula is C27H29F6N3O. The molecule has 0 saturated carbocycles. The summed E-state index contributed by atoms with van der Waals surface area (Å²) >= 11 is 0. The fraction of sp³-hybridized carbons (Fsp3) is 0.481. The molecule has 1 fully saturated rings. The first-order valence-corrected chi connectivity index (χ1v) is 12.5. The third-order valence-electron chi connectivity index (χ3n) is 7.45. The Morgan fingerprint density at radius 1 is 1.05 bits per heavy atom. The Morgan fingerprint density at radius 2 is 1.78 bits per heavy atom. The molecule has 200 valence electrons. The first kappa shape index (κ1) is 26.1. The third-order valence-corrected chi connectivity index (χ3v) is 7.45. The van der Waals surface area contributed by atoms with Crippen molar-refractivity contribution in [3.05, 3.63) is 70.2 Å². The number of benzene rings is 2. The second kappa shape index (κ2) is 10.3. The summed E-state index contributed by atoms with van der Waals surface area (Å²) in [4.78, 5) is 6.24. The predicted molar refractivity (Wildman–Crippen MR) is 128 cm³/mol. The summed E-state index contributed by atoms with van der Waals surface area (Å²) in [7, 11) is 0. The van der Waals surface area contributed by atoms with E-state index in [1.807, 2.05) is 0 Å². The number of H-pyrrole nitrogens is 1. The number of nitrogens with zero attached hydrogens (tertiary/aromatic N) is 2. The Hall–Kier alpha value is -2.56. The molecule has 1 aromatic heterocycles. The van der Waals surface area contributed by atoms with Gasteiger partial charge in [0.2, 0.25) is 0 Å². The lowest BCUT2D eigenvalue weighted by Gasteiger charge is -2.39. The first-order chi connectivity index (χ1) is 17.7. The molecule has 2 aliphatic rings. The van der Waals surface area contributed by atoms with E-state index in [1.54, 1.807) is 6.07 Å². The van der Waals surface area contributed by atoms with Crippen LogP contribution < -0.4 is 0 Å². The summed E-state index contributed by atoms with van der Waals surface area (Å²) in [5, 5.41) is 9.70. The van der Waals surface area contributed by atoms with Crippen LogP contribution in [-0.2, 0) is 12.8 Å². The number of para-hydroxylation sites is 1. The third kappa shape index (κ3) is 5.11. The van der Waals surface area contributed by atoms with Crippen LogP contribution in [0.2, 0.25) is 0 Å². The molecule has 3 aromatic rings. The van der Waals surface area contributed by atoms with Gasteiger partial charge in [0.15, 0.2) is 0 Å². The number of fused-ring (bicyclic) bond motifs is 3. The van der Waals surface area contributed by atoms with Crippen LogP contribution in [0, 0.1) is 23.4 Å². The Morgan fingerprint density at radius 3 is 2.46 bits per heavy atom. The van der Waals surface area contributed by atoms with Gasteiger partial charge in [-0.25, -0.2) is 22.0 Å². The van der Waals surface area contributed by atoms with Crippen molar-refractivity contribution in [1.29, 1.82) is 0 Å². The minimum atomic E-state index is -3.49. The maximum absolute atomic E-state index is 15.6. The van der Waals surface area contributed by atoms with Crippen molar-refractivity contribution in [3.8, 4) is 0 Å². The second-order valence-corrected chi connectivity index (χ2v) is 10.2. The van der Waals surface area contributed by atoms with Gasteiger partial charge >= 0.3 is 0 Å². The van der Waals surface area contributed by atoms with Gasteiger partial charge in [0.25, 0.3) is 5.92 Å². The highest BCUT2D eigenvalue weighted by atomic mass is 19.3. The molecule has 0 bridgehead atoms. The zero-order chi connectivity index (χ0) is 26.3. The van der Waals surface area contributed by atoms with E-state index in [-0.39, 0.29) is 42.3 Å². The highest BCUT2D eigenvalue weighted by molar-refractivity contribution is 5.86. The first-order valence-electron chi connectivity index (χ1n) is 12.5. The summed E-state index contributed by atoms with van der Waals surface area (Å²) in [6, 6.07) is 5.70. The molecule has 0 radical (unpaired) electrons. The number of aromatic amines is 1. The highest BCUT2D eigenvalue weighted by Gasteiger charge is 2.41. The number of hydrogen-bond donors (Lipinski definition) is 2. The van der Waals surface area contributed by atoms with Crippen molar-refractivity contribution in [2.45, 2.75) is 31.2 Å². The molecule has 1 saturated heterocycles. The summed E-state index contributed by atoms with van der Waals surface area (Å²) in [6.07, 6.45) is 1.18. The van der Waals surface area contributed by atoms with Crippen molar-refractivity contribution in [3.63, 3.8) is 0 Å². The van der Waals surface area contributed by atoms with Crippen molar-refractivity contribution in [2.75, 3.05) is 46.0 Å². The van der Waals surface area contributed by atoms with Gasteiger partial charge in [0.05, 0.1) is 24.8 Å². The number of halogens is 6. The minimum Gasteiger partial charge on any atom is -0.390 e. The number of aliphatic hydroxyl groups is 1. The van der Waals surface area contributed by atoms with Crippen molar-refractivity contribution in [2.24, 2.45) is 5.92 Å². The topological polar surface area (TPSA) is 42.5 Å². The SMILES string of the molecule is OCC(F)(F)CN1CCc2c([nH]c3c(F)cccc23)[C@@H]1c1c(F)cc(CC2CN(CCCF)C2)cc1F. The average Bonchev–Trinajstić information content (AvgIpc) is 3.21. The Kier molecular flexibility index (Phi) is 7.26. The monoisotopic (exact) mass is 525 g/mol. The molecule has 3 heterocycles. The van der Waals surface area contributed by atoms with Crippen LogP contribution in [0.1, 0.15) is 34.8 Å². The van der Waals surface area contributed by atoms with Gasteiger partial charge in [-0.2, -0.15) is 0 Å². The number of aromatic nitrogens is 1. The Bertz CT molecular complexity index is 1250. The molecule has 37 heavy (non-hydrogen) atoms. The summed E-state index contributed by atoms with van der Waals surface area (Å²) < 4.78 is 86.6. The number of aliphatic hydroxyl groups excluding tert-OH is 1. The van der Waals surface area contributed by atoms with Gasteiger partial charge in [-0.15, -0.1) is 0 Å². The molecular weight excluding hydrogens is 496 g/mol. The number of alkyl halides is 3. The predicted octanol–water partition coefficient (Wildman–Crippen LogP) is 4.99. The van der Waals surface area contributed by atoms with Crippen molar-refractivity contribution < 1.29 is 31.4 Å². The highest BCUT2D eigenvalue weighted by Crippen LogP contribution is 2.42. The normalized spacial score (nSPS) is 19.4. The fourth-order valence-electron chi connectivity index (χ4n) is 5.79. The zero-order valence-electron chi connectivity index (χ0n) is 20.2. The fourth-order valence-corrected chi connectivity index (χ4v) is 5.79. The van der Waals surface area contributed by atoms with Crippen LogP contribution in [0.5, 0.6) is 0 Å². The zero-order valence-corrected chi connectivity index (χ0v) is 20.2. The van der Waals surface area contributed by atoms with Gasteiger partial charge in [0.1, 0.15) is 24.1 Å². The molecule has 4 nitrogen and oxygen atoms in total. The molecule has 0 amide bonds. The molecule has 2 aromatic carbocycles. The smallest absolute Gasteiger partial charge is 0.283 e. The van der Waals surface area contributed by atoms with E-state index >= 15 is 8.78 Å². The van der Waals surface area contributed by atoms with E-state index in [9.17, 15) is 17.6 Å². The molecule has 2 aliphatic heterocycles. The second-order valence-electron chi connectivity index (χ2n) is 10.2. The Balaban J connectivity index is 1.49. The molecule has 10 heteroatoms. The summed E-state index contributed by atoms with van der Waals surface area (Å²) in [5.41, 5.74) is 1.14. The molecule has 5 rings (SSSR count). The maximum Gasteiger partial charge on any atom is 0.283 e. The van der Waals surface area contributed by atoms with Gasteiger partial charge in [0, 0.05) is 42.8 Å². The largest absolute Gasteiger partial charge is 0.390 e. The van der Waals surface area contributed by atoms with E-state index in [0.717, 1.165) is 13.1 Å². The number of rotatable bonds is 9. The molecule has 0 unspecified atom stereocenters. The van der Waals surface area contributed by atoms with Gasteiger partial charge < -0.3 is 15.0 Å². The standard InChI is InChI=1S/C27H29F6N3O/c28-6-2-7-35-12-17(13-35)9-16-10-21(30)23(22(31)11-16)26-25-19(5-8-36(26)14-27(32,33)15-37)18-3-1-4-20(29)24(18)34-25/h1,3-4,10-11,17,26,34,37H,2,5-9,12-15H2/t26-/m0/s1. The van der Waals surface area contributed by atoms with Crippen LogP contribution in [0.25, 0.3) is 10.9 Å². The number of likely N-dealkylation sites (tertiary alicyclic amines) is 1. The number of nitrogens with one attached hydrogen (secondary N) is 1. The van der Waals surface area contributed by atoms with E-state index in [2.05, 4.69) is 9.88 Å². The summed E-state index contributed by atoms with van der Waals surface area (Å²) in [6.45, 7) is -0.553. The maximum atomic E-state index is 15.6. The molecule has 1 atom stereocenters. The molecule has 0 aliphatic carbocycles. The Labute approximate surface area is 210 Å². The quantitative estimate of drug-likeness (QED) is 0.387. The van der Waals surface area contributed by atoms with Gasteiger partial charge in [-0.1, -0.05) is 12.1 Å². The molecule has 2 N–H and O–H groups in total. The lowest BCUT2D eigenvalue weighted by atomic mass is 9.88. The van der Waals surface area contributed by atoms with Gasteiger partial charge in [-0.3, -0.25) is 9.29 Å². The van der Waals surface area contributed by atoms with Gasteiger partial charge in [-0.05, 0) is 54.5 Å². The number of hydrogen-bond acceptors (Lipinski definition) is 3. The molecule has 0 spiro atoms. The van der Waals surface area contributed by atoms with Crippen molar-refractivity contribution in [1.82, 2.24) is 14.8 Å². The van der Waals surface area contributed by atoms with E-state index < -0.39 is 42.6 Å². The van der Waals surface area contributed by atoms with Crippen molar-refractivity contribution >= 4 is 10.9 Å². The van der Waals surface area contributed by atoms with Crippen LogP contribution >= 0.6 is 0 Å².